The first-order chi connectivity index (χ1) is 14.3. The minimum atomic E-state index is 0.777. The summed E-state index contributed by atoms with van der Waals surface area (Å²) in [6.45, 7) is 0. The second-order valence-corrected chi connectivity index (χ2v) is 6.65. The van der Waals surface area contributed by atoms with Crippen molar-refractivity contribution in [3.63, 3.8) is 0 Å². The zero-order valence-corrected chi connectivity index (χ0v) is 16.6. The highest BCUT2D eigenvalue weighted by Gasteiger charge is 2.12. The Kier molecular flexibility index (Phi) is 5.48. The molecule has 0 aromatic heterocycles. The van der Waals surface area contributed by atoms with Gasteiger partial charge in [-0.2, -0.15) is 0 Å². The predicted octanol–water partition coefficient (Wildman–Crippen LogP) is 6.84. The van der Waals surface area contributed by atoms with Gasteiger partial charge in [0.1, 0.15) is 11.5 Å². The first kappa shape index (κ1) is 18.6. The number of nitrogens with zero attached hydrogens (tertiary/aromatic N) is 1. The molecule has 29 heavy (non-hydrogen) atoms. The van der Waals surface area contributed by atoms with Crippen molar-refractivity contribution < 1.29 is 9.47 Å². The van der Waals surface area contributed by atoms with Crippen LogP contribution in [0.2, 0.25) is 0 Å². The molecule has 0 saturated heterocycles. The number of hydrogen-bond donors (Lipinski definition) is 0. The van der Waals surface area contributed by atoms with Gasteiger partial charge in [-0.3, -0.25) is 0 Å². The number of anilines is 3. The molecule has 0 heterocycles. The molecule has 4 rings (SSSR count). The number of hydrogen-bond acceptors (Lipinski definition) is 3. The van der Waals surface area contributed by atoms with Gasteiger partial charge in [-0.1, -0.05) is 48.5 Å². The van der Waals surface area contributed by atoms with Crippen molar-refractivity contribution in [3.05, 3.63) is 103 Å². The molecule has 0 spiro atoms. The zero-order chi connectivity index (χ0) is 20.1. The molecule has 0 radical (unpaired) electrons. The van der Waals surface area contributed by atoms with Crippen LogP contribution in [0.15, 0.2) is 103 Å². The number of methoxy groups -OCH3 is 2. The third-order valence-corrected chi connectivity index (χ3v) is 4.84. The third kappa shape index (κ3) is 4.09. The standard InChI is InChI=1S/C26H23NO2/c1-28-25-17-21(18-26(19-25)29-2)20-13-15-24(16-14-20)27(22-9-5-3-6-10-22)23-11-7-4-8-12-23/h3-19H,1-2H3. The Balaban J connectivity index is 1.74. The Hall–Kier alpha value is -3.72. The maximum atomic E-state index is 5.41. The molecule has 0 aliphatic heterocycles. The molecule has 0 fully saturated rings. The van der Waals surface area contributed by atoms with Gasteiger partial charge in [0.2, 0.25) is 0 Å². The van der Waals surface area contributed by atoms with Crippen molar-refractivity contribution in [3.8, 4) is 22.6 Å². The highest BCUT2D eigenvalue weighted by Crippen LogP contribution is 2.36. The van der Waals surface area contributed by atoms with Gasteiger partial charge in [0.05, 0.1) is 14.2 Å². The van der Waals surface area contributed by atoms with Crippen molar-refractivity contribution >= 4 is 17.1 Å². The summed E-state index contributed by atoms with van der Waals surface area (Å²) >= 11 is 0. The predicted molar refractivity (Wildman–Crippen MR) is 120 cm³/mol. The average molecular weight is 381 g/mol. The molecule has 3 nitrogen and oxygen atoms in total. The summed E-state index contributed by atoms with van der Waals surface area (Å²) in [4.78, 5) is 2.25. The minimum Gasteiger partial charge on any atom is -0.497 e. The lowest BCUT2D eigenvalue weighted by Gasteiger charge is -2.25. The van der Waals surface area contributed by atoms with E-state index in [2.05, 4.69) is 77.7 Å². The van der Waals surface area contributed by atoms with Crippen molar-refractivity contribution in [2.45, 2.75) is 0 Å². The first-order valence-corrected chi connectivity index (χ1v) is 9.52. The summed E-state index contributed by atoms with van der Waals surface area (Å²) in [5.41, 5.74) is 5.50. The van der Waals surface area contributed by atoms with E-state index in [1.165, 1.54) is 0 Å². The van der Waals surface area contributed by atoms with E-state index in [1.54, 1.807) is 14.2 Å². The van der Waals surface area contributed by atoms with Crippen LogP contribution >= 0.6 is 0 Å². The summed E-state index contributed by atoms with van der Waals surface area (Å²) in [5.74, 6) is 1.55. The lowest BCUT2D eigenvalue weighted by Crippen LogP contribution is -2.09. The first-order valence-electron chi connectivity index (χ1n) is 9.52. The van der Waals surface area contributed by atoms with E-state index in [0.717, 1.165) is 39.7 Å². The largest absolute Gasteiger partial charge is 0.497 e. The van der Waals surface area contributed by atoms with Crippen molar-refractivity contribution in [1.82, 2.24) is 0 Å². The lowest BCUT2D eigenvalue weighted by atomic mass is 10.0. The molecular formula is C26H23NO2. The van der Waals surface area contributed by atoms with E-state index >= 15 is 0 Å². The smallest absolute Gasteiger partial charge is 0.123 e. The minimum absolute atomic E-state index is 0.777. The Morgan fingerprint density at radius 1 is 0.483 bits per heavy atom. The van der Waals surface area contributed by atoms with Gasteiger partial charge in [-0.15, -0.1) is 0 Å². The number of benzene rings is 4. The Morgan fingerprint density at radius 2 is 0.931 bits per heavy atom. The summed E-state index contributed by atoms with van der Waals surface area (Å²) in [6.07, 6.45) is 0. The maximum absolute atomic E-state index is 5.41. The van der Waals surface area contributed by atoms with Crippen LogP contribution in [-0.4, -0.2) is 14.2 Å². The Labute approximate surface area is 171 Å². The number of ether oxygens (including phenoxy) is 2. The van der Waals surface area contributed by atoms with Gasteiger partial charge >= 0.3 is 0 Å². The fraction of sp³-hybridized carbons (Fsp3) is 0.0769. The van der Waals surface area contributed by atoms with Crippen LogP contribution in [0, 0.1) is 0 Å². The van der Waals surface area contributed by atoms with Crippen LogP contribution in [0.25, 0.3) is 11.1 Å². The van der Waals surface area contributed by atoms with E-state index in [-0.39, 0.29) is 0 Å². The van der Waals surface area contributed by atoms with E-state index in [0.29, 0.717) is 0 Å². The fourth-order valence-corrected chi connectivity index (χ4v) is 3.38. The van der Waals surface area contributed by atoms with E-state index < -0.39 is 0 Å². The van der Waals surface area contributed by atoms with Gasteiger partial charge < -0.3 is 14.4 Å². The zero-order valence-electron chi connectivity index (χ0n) is 16.6. The summed E-state index contributed by atoms with van der Waals surface area (Å²) < 4.78 is 10.8. The molecule has 144 valence electrons. The van der Waals surface area contributed by atoms with Gasteiger partial charge in [0.15, 0.2) is 0 Å². The molecule has 0 aliphatic carbocycles. The van der Waals surface area contributed by atoms with Crippen molar-refractivity contribution in [1.29, 1.82) is 0 Å². The molecule has 3 heteroatoms. The summed E-state index contributed by atoms with van der Waals surface area (Å²) in [7, 11) is 3.33. The number of rotatable bonds is 6. The van der Waals surface area contributed by atoms with Crippen LogP contribution in [0.1, 0.15) is 0 Å². The molecular weight excluding hydrogens is 358 g/mol. The molecule has 0 atom stereocenters. The average Bonchev–Trinajstić information content (AvgIpc) is 2.81. The highest BCUT2D eigenvalue weighted by atomic mass is 16.5. The van der Waals surface area contributed by atoms with E-state index in [9.17, 15) is 0 Å². The molecule has 0 N–H and O–H groups in total. The van der Waals surface area contributed by atoms with Crippen molar-refractivity contribution in [2.75, 3.05) is 19.1 Å². The lowest BCUT2D eigenvalue weighted by molar-refractivity contribution is 0.394. The van der Waals surface area contributed by atoms with Gasteiger partial charge in [-0.05, 0) is 59.7 Å². The quantitative estimate of drug-likeness (QED) is 0.365. The molecule has 0 unspecified atom stereocenters. The molecule has 4 aromatic carbocycles. The topological polar surface area (TPSA) is 21.7 Å². The van der Waals surface area contributed by atoms with Crippen LogP contribution in [0.5, 0.6) is 11.5 Å². The molecule has 4 aromatic rings. The SMILES string of the molecule is COc1cc(OC)cc(-c2ccc(N(c3ccccc3)c3ccccc3)cc2)c1. The second kappa shape index (κ2) is 8.53. The summed E-state index contributed by atoms with van der Waals surface area (Å²) in [6, 6.07) is 35.2. The Morgan fingerprint density at radius 3 is 1.38 bits per heavy atom. The van der Waals surface area contributed by atoms with E-state index in [4.69, 9.17) is 9.47 Å². The fourth-order valence-electron chi connectivity index (χ4n) is 3.38. The van der Waals surface area contributed by atoms with Crippen LogP contribution in [-0.2, 0) is 0 Å². The second-order valence-electron chi connectivity index (χ2n) is 6.65. The Bertz CT molecular complexity index is 999. The van der Waals surface area contributed by atoms with Crippen LogP contribution < -0.4 is 14.4 Å². The monoisotopic (exact) mass is 381 g/mol. The van der Waals surface area contributed by atoms with Crippen molar-refractivity contribution in [2.24, 2.45) is 0 Å². The van der Waals surface area contributed by atoms with Gasteiger partial charge in [-0.25, -0.2) is 0 Å². The van der Waals surface area contributed by atoms with Gasteiger partial charge in [0.25, 0.3) is 0 Å². The van der Waals surface area contributed by atoms with E-state index in [1.807, 2.05) is 30.3 Å². The normalized spacial score (nSPS) is 10.4. The molecule has 0 aliphatic rings. The molecule has 0 bridgehead atoms. The van der Waals surface area contributed by atoms with Gasteiger partial charge in [0, 0.05) is 23.1 Å². The number of para-hydroxylation sites is 2. The molecule has 0 amide bonds. The summed E-state index contributed by atoms with van der Waals surface area (Å²) in [5, 5.41) is 0. The van der Waals surface area contributed by atoms with Crippen LogP contribution in [0.3, 0.4) is 0 Å². The highest BCUT2D eigenvalue weighted by molar-refractivity contribution is 5.78. The van der Waals surface area contributed by atoms with Crippen LogP contribution in [0.4, 0.5) is 17.1 Å². The molecule has 0 saturated carbocycles. The third-order valence-electron chi connectivity index (χ3n) is 4.84. The maximum Gasteiger partial charge on any atom is 0.123 e.